The van der Waals surface area contributed by atoms with Crippen LogP contribution in [0.3, 0.4) is 0 Å². The molecule has 1 aliphatic carbocycles. The van der Waals surface area contributed by atoms with Gasteiger partial charge in [0.1, 0.15) is 4.33 Å². The van der Waals surface area contributed by atoms with Crippen molar-refractivity contribution in [3.8, 4) is 0 Å². The number of carbonyl (C=O) groups is 1. The fraction of sp³-hybridized carbons (Fsp3) is 0.875. The number of halogens is 2. The van der Waals surface area contributed by atoms with Gasteiger partial charge in [0.2, 0.25) is 0 Å². The molecule has 1 saturated carbocycles. The Kier molecular flexibility index (Phi) is 2.73. The molecule has 0 bridgehead atoms. The lowest BCUT2D eigenvalue weighted by atomic mass is 10.0. The molecule has 2 atom stereocenters. The van der Waals surface area contributed by atoms with Crippen molar-refractivity contribution in [2.24, 2.45) is 11.3 Å². The van der Waals surface area contributed by atoms with E-state index in [2.05, 4.69) is 0 Å². The second kappa shape index (κ2) is 3.07. The Balaban J connectivity index is 2.90. The largest absolute Gasteiger partial charge is 0.286 e. The third-order valence-corrected chi connectivity index (χ3v) is 4.97. The van der Waals surface area contributed by atoms with Gasteiger partial charge in [-0.05, 0) is 12.7 Å². The Morgan fingerprint density at radius 1 is 1.58 bits per heavy atom. The van der Waals surface area contributed by atoms with Crippen LogP contribution in [0.2, 0.25) is 0 Å². The molecule has 0 heterocycles. The molecule has 0 aromatic carbocycles. The predicted molar refractivity (Wildman–Crippen MR) is 54.8 cm³/mol. The SMILES string of the molecule is CCC1(C(=O)SC)C(C)C1(Cl)Cl. The van der Waals surface area contributed by atoms with Crippen LogP contribution < -0.4 is 0 Å². The Morgan fingerprint density at radius 2 is 2.00 bits per heavy atom. The normalized spacial score (nSPS) is 37.9. The molecule has 0 saturated heterocycles. The Bertz CT molecular complexity index is 217. The molecular formula is C8H12Cl2OS. The standard InChI is InChI=1S/C8H12Cl2OS/c1-4-7(6(11)12-3)5(2)8(7,9)10/h5H,4H2,1-3H3. The van der Waals surface area contributed by atoms with Crippen LogP contribution in [0.15, 0.2) is 0 Å². The molecule has 0 aromatic heterocycles. The van der Waals surface area contributed by atoms with Crippen molar-refractivity contribution in [2.45, 2.75) is 24.6 Å². The lowest BCUT2D eigenvalue weighted by molar-refractivity contribution is -0.116. The summed E-state index contributed by atoms with van der Waals surface area (Å²) in [7, 11) is 0. The molecule has 4 heteroatoms. The van der Waals surface area contributed by atoms with E-state index >= 15 is 0 Å². The molecule has 0 spiro atoms. The van der Waals surface area contributed by atoms with Gasteiger partial charge in [-0.3, -0.25) is 4.79 Å². The van der Waals surface area contributed by atoms with Crippen molar-refractivity contribution in [1.29, 1.82) is 0 Å². The van der Waals surface area contributed by atoms with Crippen molar-refractivity contribution in [2.75, 3.05) is 6.26 Å². The van der Waals surface area contributed by atoms with Crippen LogP contribution in [0, 0.1) is 11.3 Å². The molecule has 1 fully saturated rings. The molecule has 70 valence electrons. The zero-order chi connectivity index (χ0) is 9.57. The minimum atomic E-state index is -0.832. The first-order valence-corrected chi connectivity index (χ1v) is 5.89. The number of carbonyl (C=O) groups excluding carboxylic acids is 1. The third kappa shape index (κ3) is 1.04. The van der Waals surface area contributed by atoms with Crippen molar-refractivity contribution in [1.82, 2.24) is 0 Å². The van der Waals surface area contributed by atoms with Crippen LogP contribution in [0.1, 0.15) is 20.3 Å². The van der Waals surface area contributed by atoms with Crippen molar-refractivity contribution >= 4 is 40.1 Å². The lowest BCUT2D eigenvalue weighted by Gasteiger charge is -2.11. The number of hydrogen-bond acceptors (Lipinski definition) is 2. The average molecular weight is 227 g/mol. The molecule has 1 aliphatic rings. The van der Waals surface area contributed by atoms with E-state index in [4.69, 9.17) is 23.2 Å². The summed E-state index contributed by atoms with van der Waals surface area (Å²) in [6, 6.07) is 0. The van der Waals surface area contributed by atoms with Gasteiger partial charge in [-0.1, -0.05) is 25.6 Å². The molecule has 12 heavy (non-hydrogen) atoms. The van der Waals surface area contributed by atoms with E-state index in [1.807, 2.05) is 13.8 Å². The van der Waals surface area contributed by atoms with E-state index in [1.165, 1.54) is 11.8 Å². The zero-order valence-electron chi connectivity index (χ0n) is 7.36. The summed E-state index contributed by atoms with van der Waals surface area (Å²) in [5.41, 5.74) is -0.491. The van der Waals surface area contributed by atoms with Crippen molar-refractivity contribution in [3.63, 3.8) is 0 Å². The lowest BCUT2D eigenvalue weighted by Crippen LogP contribution is -2.18. The average Bonchev–Trinajstić information content (AvgIpc) is 2.47. The number of thioether (sulfide) groups is 1. The van der Waals surface area contributed by atoms with E-state index in [1.54, 1.807) is 6.26 Å². The smallest absolute Gasteiger partial charge is 0.198 e. The highest BCUT2D eigenvalue weighted by molar-refractivity contribution is 8.13. The van der Waals surface area contributed by atoms with Crippen LogP contribution in [-0.4, -0.2) is 15.7 Å². The summed E-state index contributed by atoms with van der Waals surface area (Å²) in [4.78, 5) is 11.5. The van der Waals surface area contributed by atoms with Crippen molar-refractivity contribution in [3.05, 3.63) is 0 Å². The number of rotatable bonds is 2. The van der Waals surface area contributed by atoms with Crippen LogP contribution in [0.4, 0.5) is 0 Å². The Morgan fingerprint density at radius 3 is 2.08 bits per heavy atom. The molecule has 0 aromatic rings. The molecule has 0 N–H and O–H groups in total. The van der Waals surface area contributed by atoms with Gasteiger partial charge in [-0.25, -0.2) is 0 Å². The molecule has 2 unspecified atom stereocenters. The highest BCUT2D eigenvalue weighted by Crippen LogP contribution is 2.71. The van der Waals surface area contributed by atoms with E-state index < -0.39 is 9.75 Å². The monoisotopic (exact) mass is 226 g/mol. The third-order valence-electron chi connectivity index (χ3n) is 2.90. The van der Waals surface area contributed by atoms with E-state index in [-0.39, 0.29) is 11.0 Å². The van der Waals surface area contributed by atoms with Gasteiger partial charge >= 0.3 is 0 Å². The molecule has 1 nitrogen and oxygen atoms in total. The summed E-state index contributed by atoms with van der Waals surface area (Å²) >= 11 is 13.3. The maximum absolute atomic E-state index is 11.5. The van der Waals surface area contributed by atoms with Gasteiger partial charge in [0, 0.05) is 5.92 Å². The first kappa shape index (κ1) is 10.7. The number of hydrogen-bond donors (Lipinski definition) is 0. The van der Waals surface area contributed by atoms with Gasteiger partial charge < -0.3 is 0 Å². The fourth-order valence-electron chi connectivity index (χ4n) is 1.82. The fourth-order valence-corrected chi connectivity index (χ4v) is 3.81. The van der Waals surface area contributed by atoms with Gasteiger partial charge in [0.15, 0.2) is 5.12 Å². The van der Waals surface area contributed by atoms with Gasteiger partial charge in [-0.2, -0.15) is 0 Å². The second-order valence-corrected chi connectivity index (χ2v) is 5.33. The predicted octanol–water partition coefficient (Wildman–Crippen LogP) is 3.10. The molecule has 0 aliphatic heterocycles. The van der Waals surface area contributed by atoms with E-state index in [0.717, 1.165) is 6.42 Å². The van der Waals surface area contributed by atoms with E-state index in [9.17, 15) is 4.79 Å². The minimum Gasteiger partial charge on any atom is -0.286 e. The summed E-state index contributed by atoms with van der Waals surface area (Å²) in [6.07, 6.45) is 2.50. The Labute approximate surface area is 87.2 Å². The van der Waals surface area contributed by atoms with E-state index in [0.29, 0.717) is 0 Å². The summed E-state index contributed by atoms with van der Waals surface area (Å²) in [5.74, 6) is 0.0817. The summed E-state index contributed by atoms with van der Waals surface area (Å²) in [5, 5.41) is 0.113. The van der Waals surface area contributed by atoms with Crippen LogP contribution in [0.25, 0.3) is 0 Å². The van der Waals surface area contributed by atoms with Crippen LogP contribution in [-0.2, 0) is 4.79 Å². The van der Waals surface area contributed by atoms with Gasteiger partial charge in [0.25, 0.3) is 0 Å². The molecule has 0 amide bonds. The molecule has 1 rings (SSSR count). The summed E-state index contributed by atoms with van der Waals surface area (Å²) in [6.45, 7) is 3.88. The van der Waals surface area contributed by atoms with Gasteiger partial charge in [0.05, 0.1) is 5.41 Å². The number of alkyl halides is 2. The molecular weight excluding hydrogens is 215 g/mol. The van der Waals surface area contributed by atoms with Gasteiger partial charge in [-0.15, -0.1) is 23.2 Å². The summed E-state index contributed by atoms with van der Waals surface area (Å²) < 4.78 is -0.832. The first-order chi connectivity index (χ1) is 5.45. The van der Waals surface area contributed by atoms with Crippen LogP contribution >= 0.6 is 35.0 Å². The van der Waals surface area contributed by atoms with Crippen LogP contribution in [0.5, 0.6) is 0 Å². The second-order valence-electron chi connectivity index (χ2n) is 3.16. The molecule has 0 radical (unpaired) electrons. The maximum Gasteiger partial charge on any atom is 0.198 e. The zero-order valence-corrected chi connectivity index (χ0v) is 9.69. The maximum atomic E-state index is 11.5. The Hall–Kier alpha value is 0.600. The minimum absolute atomic E-state index is 0.0817. The highest BCUT2D eigenvalue weighted by Gasteiger charge is 2.76. The van der Waals surface area contributed by atoms with Crippen molar-refractivity contribution < 1.29 is 4.79 Å². The first-order valence-electron chi connectivity index (χ1n) is 3.91. The quantitative estimate of drug-likeness (QED) is 0.674. The topological polar surface area (TPSA) is 17.1 Å². The highest BCUT2D eigenvalue weighted by atomic mass is 35.5.